The molecular formula is C24H28N4O4S. The summed E-state index contributed by atoms with van der Waals surface area (Å²) < 4.78 is 29.7. The maximum absolute atomic E-state index is 12.9. The summed E-state index contributed by atoms with van der Waals surface area (Å²) in [5, 5.41) is 2.66. The van der Waals surface area contributed by atoms with Gasteiger partial charge in [-0.25, -0.2) is 13.1 Å². The van der Waals surface area contributed by atoms with Crippen LogP contribution in [0.25, 0.3) is 11.8 Å². The molecule has 0 spiro atoms. The third-order valence-electron chi connectivity index (χ3n) is 5.45. The third-order valence-corrected chi connectivity index (χ3v) is 7.52. The topological polar surface area (TPSA) is 93.4 Å². The minimum Gasteiger partial charge on any atom is -0.316 e. The molecule has 0 fully saturated rings. The van der Waals surface area contributed by atoms with Gasteiger partial charge in [0.2, 0.25) is 15.9 Å². The van der Waals surface area contributed by atoms with E-state index in [-0.39, 0.29) is 16.1 Å². The molecule has 33 heavy (non-hydrogen) atoms. The highest BCUT2D eigenvalue weighted by molar-refractivity contribution is 7.89. The number of nitrogens with zero attached hydrogens (tertiary/aromatic N) is 3. The lowest BCUT2D eigenvalue weighted by Gasteiger charge is -2.18. The number of carbonyl (C=O) groups is 1. The molecule has 1 aromatic heterocycles. The Labute approximate surface area is 193 Å². The fourth-order valence-corrected chi connectivity index (χ4v) is 4.97. The first kappa shape index (κ1) is 24.2. The number of rotatable bonds is 8. The van der Waals surface area contributed by atoms with Gasteiger partial charge < -0.3 is 5.32 Å². The van der Waals surface area contributed by atoms with Gasteiger partial charge in [-0.05, 0) is 42.8 Å². The van der Waals surface area contributed by atoms with E-state index in [0.717, 1.165) is 0 Å². The fraction of sp³-hybridized carbons (Fsp3) is 0.250. The summed E-state index contributed by atoms with van der Waals surface area (Å²) >= 11 is 0. The van der Waals surface area contributed by atoms with Gasteiger partial charge in [-0.1, -0.05) is 44.2 Å². The number of amides is 1. The predicted molar refractivity (Wildman–Crippen MR) is 130 cm³/mol. The molecule has 3 rings (SSSR count). The number of carbonyl (C=O) groups excluding carboxylic acids is 1. The van der Waals surface area contributed by atoms with Crippen LogP contribution in [0.4, 0.5) is 5.69 Å². The van der Waals surface area contributed by atoms with E-state index in [4.69, 9.17) is 0 Å². The van der Waals surface area contributed by atoms with Crippen LogP contribution in [0, 0.1) is 6.92 Å². The number of sulfonamides is 1. The van der Waals surface area contributed by atoms with Crippen LogP contribution >= 0.6 is 0 Å². The van der Waals surface area contributed by atoms with Gasteiger partial charge in [-0.3, -0.25) is 14.3 Å². The number of anilines is 1. The highest BCUT2D eigenvalue weighted by atomic mass is 32.2. The Morgan fingerprint density at radius 3 is 2.21 bits per heavy atom. The van der Waals surface area contributed by atoms with E-state index >= 15 is 0 Å². The molecular weight excluding hydrogens is 440 g/mol. The van der Waals surface area contributed by atoms with Crippen LogP contribution in [-0.2, 0) is 21.9 Å². The summed E-state index contributed by atoms with van der Waals surface area (Å²) in [6, 6.07) is 15.5. The molecule has 0 radical (unpaired) electrons. The number of para-hydroxylation sites is 1. The van der Waals surface area contributed by atoms with Crippen LogP contribution < -0.4 is 10.9 Å². The second-order valence-electron chi connectivity index (χ2n) is 7.42. The number of aromatic nitrogens is 2. The molecule has 0 aliphatic carbocycles. The molecule has 3 aromatic rings. The van der Waals surface area contributed by atoms with Crippen molar-refractivity contribution >= 4 is 27.7 Å². The van der Waals surface area contributed by atoms with Crippen molar-refractivity contribution < 1.29 is 13.2 Å². The van der Waals surface area contributed by atoms with Crippen LogP contribution in [-0.4, -0.2) is 41.1 Å². The summed E-state index contributed by atoms with van der Waals surface area (Å²) in [7, 11) is -1.78. The number of hydrogen-bond donors (Lipinski definition) is 1. The second-order valence-corrected chi connectivity index (χ2v) is 9.36. The molecule has 0 unspecified atom stereocenters. The maximum Gasteiger partial charge on any atom is 0.295 e. The molecule has 1 heterocycles. The van der Waals surface area contributed by atoms with Crippen LogP contribution in [0.15, 0.2) is 70.4 Å². The van der Waals surface area contributed by atoms with Gasteiger partial charge in [-0.15, -0.1) is 0 Å². The summed E-state index contributed by atoms with van der Waals surface area (Å²) in [5.74, 6) is -0.458. The number of benzene rings is 2. The quantitative estimate of drug-likeness (QED) is 0.514. The zero-order valence-electron chi connectivity index (χ0n) is 19.1. The van der Waals surface area contributed by atoms with Crippen molar-refractivity contribution in [3.63, 3.8) is 0 Å². The smallest absolute Gasteiger partial charge is 0.295 e. The molecule has 8 nitrogen and oxygen atoms in total. The second kappa shape index (κ2) is 10.0. The van der Waals surface area contributed by atoms with Crippen molar-refractivity contribution in [2.75, 3.05) is 18.4 Å². The summed E-state index contributed by atoms with van der Waals surface area (Å²) in [5.41, 5.74) is 1.86. The molecule has 0 aliphatic heterocycles. The van der Waals surface area contributed by atoms with Crippen molar-refractivity contribution in [2.45, 2.75) is 25.7 Å². The molecule has 0 atom stereocenters. The first-order valence-electron chi connectivity index (χ1n) is 10.6. The van der Waals surface area contributed by atoms with E-state index in [1.54, 1.807) is 50.7 Å². The molecule has 2 aromatic carbocycles. The minimum absolute atomic E-state index is 0.203. The molecule has 1 amide bonds. The van der Waals surface area contributed by atoms with Crippen molar-refractivity contribution in [3.05, 3.63) is 82.3 Å². The average molecular weight is 469 g/mol. The van der Waals surface area contributed by atoms with Gasteiger partial charge in [0.1, 0.15) is 5.69 Å². The maximum atomic E-state index is 12.9. The Morgan fingerprint density at radius 2 is 1.64 bits per heavy atom. The zero-order valence-corrected chi connectivity index (χ0v) is 20.0. The Bertz CT molecular complexity index is 1320. The Hall–Kier alpha value is -3.43. The summed E-state index contributed by atoms with van der Waals surface area (Å²) in [6.07, 6.45) is 2.88. The first-order chi connectivity index (χ1) is 15.7. The zero-order chi connectivity index (χ0) is 24.2. The van der Waals surface area contributed by atoms with Crippen molar-refractivity contribution in [1.29, 1.82) is 0 Å². The van der Waals surface area contributed by atoms with E-state index in [1.165, 1.54) is 27.2 Å². The molecule has 0 bridgehead atoms. The van der Waals surface area contributed by atoms with E-state index in [0.29, 0.717) is 30.0 Å². The van der Waals surface area contributed by atoms with Crippen LogP contribution in [0.1, 0.15) is 25.1 Å². The molecule has 0 aliphatic rings. The lowest BCUT2D eigenvalue weighted by atomic mass is 10.2. The standard InChI is InChI=1S/C24H28N4O4S/c1-5-27(6-2)33(31,32)21-15-12-19(13-16-21)14-17-22(29)25-23-18(3)26(4)28(24(23)30)20-10-8-7-9-11-20/h7-17H,5-6H2,1-4H3,(H,25,29). The molecule has 0 saturated heterocycles. The van der Waals surface area contributed by atoms with Crippen molar-refractivity contribution in [2.24, 2.45) is 7.05 Å². The Balaban J connectivity index is 1.77. The highest BCUT2D eigenvalue weighted by Crippen LogP contribution is 2.17. The SMILES string of the molecule is CCN(CC)S(=O)(=O)c1ccc(C=CC(=O)Nc2c(C)n(C)n(-c3ccccc3)c2=O)cc1. The van der Waals surface area contributed by atoms with Crippen molar-refractivity contribution in [1.82, 2.24) is 13.7 Å². The summed E-state index contributed by atoms with van der Waals surface area (Å²) in [4.78, 5) is 25.6. The van der Waals surface area contributed by atoms with Gasteiger partial charge in [0.05, 0.1) is 16.3 Å². The summed E-state index contributed by atoms with van der Waals surface area (Å²) in [6.45, 7) is 6.13. The Kier molecular flexibility index (Phi) is 7.35. The molecule has 174 valence electrons. The van der Waals surface area contributed by atoms with Crippen LogP contribution in [0.5, 0.6) is 0 Å². The van der Waals surface area contributed by atoms with E-state index in [9.17, 15) is 18.0 Å². The van der Waals surface area contributed by atoms with Crippen LogP contribution in [0.2, 0.25) is 0 Å². The minimum atomic E-state index is -3.53. The molecule has 9 heteroatoms. The molecule has 1 N–H and O–H groups in total. The van der Waals surface area contributed by atoms with E-state index in [1.807, 2.05) is 30.3 Å². The third kappa shape index (κ3) is 4.99. The predicted octanol–water partition coefficient (Wildman–Crippen LogP) is 3.17. The highest BCUT2D eigenvalue weighted by Gasteiger charge is 2.21. The van der Waals surface area contributed by atoms with Gasteiger partial charge in [0, 0.05) is 26.2 Å². The average Bonchev–Trinajstić information content (AvgIpc) is 3.02. The van der Waals surface area contributed by atoms with Crippen LogP contribution in [0.3, 0.4) is 0 Å². The number of nitrogens with one attached hydrogen (secondary N) is 1. The number of hydrogen-bond acceptors (Lipinski definition) is 4. The van der Waals surface area contributed by atoms with Gasteiger partial charge in [-0.2, -0.15) is 4.31 Å². The van der Waals surface area contributed by atoms with Gasteiger partial charge >= 0.3 is 0 Å². The Morgan fingerprint density at radius 1 is 1.03 bits per heavy atom. The normalized spacial score (nSPS) is 11.9. The lowest BCUT2D eigenvalue weighted by molar-refractivity contribution is -0.111. The monoisotopic (exact) mass is 468 g/mol. The largest absolute Gasteiger partial charge is 0.316 e. The van der Waals surface area contributed by atoms with E-state index < -0.39 is 15.9 Å². The van der Waals surface area contributed by atoms with Gasteiger partial charge in [0.25, 0.3) is 5.56 Å². The first-order valence-corrected chi connectivity index (χ1v) is 12.1. The van der Waals surface area contributed by atoms with Crippen molar-refractivity contribution in [3.8, 4) is 5.69 Å². The fourth-order valence-electron chi connectivity index (χ4n) is 3.51. The van der Waals surface area contributed by atoms with E-state index in [2.05, 4.69) is 5.32 Å². The lowest BCUT2D eigenvalue weighted by Crippen LogP contribution is -2.30. The van der Waals surface area contributed by atoms with Gasteiger partial charge in [0.15, 0.2) is 0 Å². The molecule has 0 saturated carbocycles.